The van der Waals surface area contributed by atoms with E-state index >= 15 is 0 Å². The van der Waals surface area contributed by atoms with Crippen LogP contribution in [0.4, 0.5) is 0 Å². The number of para-hydroxylation sites is 2. The van der Waals surface area contributed by atoms with Crippen molar-refractivity contribution in [2.24, 2.45) is 16.7 Å². The Hall–Kier alpha value is -2.83. The van der Waals surface area contributed by atoms with Crippen LogP contribution in [0.15, 0.2) is 118 Å². The fourth-order valence-electron chi connectivity index (χ4n) is 7.22. The summed E-state index contributed by atoms with van der Waals surface area (Å²) >= 11 is 0. The van der Waals surface area contributed by atoms with Gasteiger partial charge in [0.25, 0.3) is 0 Å². The van der Waals surface area contributed by atoms with Crippen molar-refractivity contribution in [3.05, 3.63) is 109 Å². The van der Waals surface area contributed by atoms with Crippen LogP contribution < -0.4 is 15.1 Å². The molecule has 2 fully saturated rings. The molecule has 7 rings (SSSR count). The van der Waals surface area contributed by atoms with E-state index in [-0.39, 0.29) is 16.9 Å². The fourth-order valence-corrected chi connectivity index (χ4v) is 11.5. The van der Waals surface area contributed by atoms with Gasteiger partial charge in [-0.1, -0.05) is 111 Å². The quantitative estimate of drug-likeness (QED) is 0.197. The first-order valence-corrected chi connectivity index (χ1v) is 16.6. The highest BCUT2D eigenvalue weighted by Crippen LogP contribution is 2.69. The minimum atomic E-state index is -1.59. The lowest BCUT2D eigenvalue weighted by atomic mass is 9.70. The maximum atomic E-state index is 7.02. The Morgan fingerprint density at radius 2 is 1.26 bits per heavy atom. The van der Waals surface area contributed by atoms with E-state index in [0.29, 0.717) is 5.92 Å². The molecule has 0 radical (unpaired) electrons. The summed E-state index contributed by atoms with van der Waals surface area (Å²) in [7, 11) is -2.14. The molecule has 1 heterocycles. The molecule has 5 heteroatoms. The Bertz CT molecular complexity index is 1550. The van der Waals surface area contributed by atoms with E-state index in [1.54, 1.807) is 0 Å². The van der Waals surface area contributed by atoms with Crippen LogP contribution in [-0.4, -0.2) is 12.3 Å². The van der Waals surface area contributed by atoms with E-state index in [4.69, 9.17) is 12.9 Å². The Balaban J connectivity index is 1.32. The van der Waals surface area contributed by atoms with Crippen LogP contribution in [-0.2, 0) is 0 Å². The highest BCUT2D eigenvalue weighted by molar-refractivity contribution is 7.73. The second-order valence-electron chi connectivity index (χ2n) is 11.6. The molecule has 39 heavy (non-hydrogen) atoms. The molecule has 1 aromatic heterocycles. The second-order valence-corrected chi connectivity index (χ2v) is 14.8. The molecule has 0 N–H and O–H groups in total. The molecule has 3 nitrogen and oxygen atoms in total. The van der Waals surface area contributed by atoms with Gasteiger partial charge >= 0.3 is 8.24 Å². The van der Waals surface area contributed by atoms with E-state index in [2.05, 4.69) is 98.8 Å². The van der Waals surface area contributed by atoms with Gasteiger partial charge in [0.05, 0.1) is 6.10 Å². The summed E-state index contributed by atoms with van der Waals surface area (Å²) in [6.07, 6.45) is 4.72. The van der Waals surface area contributed by atoms with Gasteiger partial charge in [0, 0.05) is 16.2 Å². The standard InChI is InChI=1S/C34H34O3P2/c1-33(2)25-21-22-34(33,24-38(26-13-5-3-6-14-26)27-15-7-4-8-16-27)32(23-25)37-39-35-30-19-11-9-17-28(30)29-18-10-12-20-31(29)36-39/h3-20,25,32H,21-24H2,1-2H3/t25?,32-,34-/m1/s1. The molecule has 2 saturated carbocycles. The largest absolute Gasteiger partial charge is 0.399 e. The lowest BCUT2D eigenvalue weighted by Crippen LogP contribution is -2.45. The van der Waals surface area contributed by atoms with Crippen LogP contribution in [0.25, 0.3) is 21.9 Å². The molecule has 2 bridgehead atoms. The Kier molecular flexibility index (Phi) is 6.43. The van der Waals surface area contributed by atoms with Crippen LogP contribution in [0.3, 0.4) is 0 Å². The molecule has 0 spiro atoms. The second kappa shape index (κ2) is 9.97. The van der Waals surface area contributed by atoms with E-state index in [1.165, 1.54) is 23.5 Å². The van der Waals surface area contributed by atoms with Crippen molar-refractivity contribution in [3.63, 3.8) is 0 Å². The maximum Gasteiger partial charge on any atom is 0.387 e. The maximum absolute atomic E-state index is 7.02. The van der Waals surface area contributed by atoms with E-state index < -0.39 is 16.2 Å². The van der Waals surface area contributed by atoms with Gasteiger partial charge in [0.15, 0.2) is 0 Å². The summed E-state index contributed by atoms with van der Waals surface area (Å²) in [6.45, 7) is 4.98. The van der Waals surface area contributed by atoms with Crippen molar-refractivity contribution in [2.75, 3.05) is 6.16 Å². The zero-order chi connectivity index (χ0) is 26.5. The third-order valence-electron chi connectivity index (χ3n) is 9.56. The molecule has 0 aliphatic heterocycles. The molecule has 3 atom stereocenters. The van der Waals surface area contributed by atoms with Crippen LogP contribution in [0.1, 0.15) is 33.1 Å². The van der Waals surface area contributed by atoms with Crippen molar-refractivity contribution in [1.29, 1.82) is 0 Å². The highest BCUT2D eigenvalue weighted by Gasteiger charge is 2.65. The molecule has 1 unspecified atom stereocenters. The van der Waals surface area contributed by atoms with Crippen LogP contribution in [0.2, 0.25) is 0 Å². The fraction of sp³-hybridized carbons (Fsp3) is 0.294. The number of rotatable bonds is 6. The van der Waals surface area contributed by atoms with Crippen molar-refractivity contribution in [2.45, 2.75) is 39.2 Å². The van der Waals surface area contributed by atoms with Crippen molar-refractivity contribution in [3.8, 4) is 0 Å². The van der Waals surface area contributed by atoms with Gasteiger partial charge in [0.2, 0.25) is 0 Å². The minimum absolute atomic E-state index is 0.0510. The minimum Gasteiger partial charge on any atom is -0.399 e. The molecule has 5 aromatic rings. The van der Waals surface area contributed by atoms with Gasteiger partial charge in [-0.25, -0.2) is 0 Å². The van der Waals surface area contributed by atoms with E-state index in [0.717, 1.165) is 34.5 Å². The van der Waals surface area contributed by atoms with Gasteiger partial charge in [-0.05, 0) is 67.4 Å². The first-order chi connectivity index (χ1) is 19.0. The summed E-state index contributed by atoms with van der Waals surface area (Å²) in [5.41, 5.74) is 1.90. The molecule has 2 aliphatic carbocycles. The number of hydrogen-bond acceptors (Lipinski definition) is 3. The van der Waals surface area contributed by atoms with Crippen molar-refractivity contribution >= 4 is 48.7 Å². The summed E-state index contributed by atoms with van der Waals surface area (Å²) < 4.78 is 20.1. The molecule has 0 amide bonds. The Labute approximate surface area is 232 Å². The predicted octanol–water partition coefficient (Wildman–Crippen LogP) is 9.05. The van der Waals surface area contributed by atoms with Crippen molar-refractivity contribution < 1.29 is 12.9 Å². The van der Waals surface area contributed by atoms with Crippen molar-refractivity contribution in [1.82, 2.24) is 0 Å². The van der Waals surface area contributed by atoms with Gasteiger partial charge in [-0.2, -0.15) is 0 Å². The first kappa shape index (κ1) is 25.2. The van der Waals surface area contributed by atoms with Crippen LogP contribution in [0, 0.1) is 16.7 Å². The van der Waals surface area contributed by atoms with Gasteiger partial charge < -0.3 is 8.39 Å². The molecule has 4 aromatic carbocycles. The van der Waals surface area contributed by atoms with Gasteiger partial charge in [0.1, 0.15) is 11.2 Å². The molecule has 2 aliphatic rings. The summed E-state index contributed by atoms with van der Waals surface area (Å²) in [5, 5.41) is 4.99. The van der Waals surface area contributed by atoms with E-state index in [1.807, 2.05) is 24.3 Å². The SMILES string of the molecule is CC1(C)C2CC[C@@]1(CP(c1ccccc1)c1ccccc1)[C@H](Op1oc3ccccc3c3ccccc3o1)C2. The highest BCUT2D eigenvalue weighted by atomic mass is 31.1. The zero-order valence-electron chi connectivity index (χ0n) is 22.5. The van der Waals surface area contributed by atoms with Crippen LogP contribution in [0.5, 0.6) is 0 Å². The molecule has 198 valence electrons. The Morgan fingerprint density at radius 3 is 1.79 bits per heavy atom. The average molecular weight is 553 g/mol. The third kappa shape index (κ3) is 4.27. The zero-order valence-corrected chi connectivity index (χ0v) is 24.3. The summed E-state index contributed by atoms with van der Waals surface area (Å²) in [4.78, 5) is 0. The third-order valence-corrected chi connectivity index (χ3v) is 13.4. The number of hydrogen-bond donors (Lipinski definition) is 0. The number of benzene rings is 4. The first-order valence-electron chi connectivity index (χ1n) is 13.9. The predicted molar refractivity (Wildman–Crippen MR) is 164 cm³/mol. The topological polar surface area (TPSA) is 35.5 Å². The molecular weight excluding hydrogens is 518 g/mol. The lowest BCUT2D eigenvalue weighted by Gasteiger charge is -2.44. The monoisotopic (exact) mass is 552 g/mol. The van der Waals surface area contributed by atoms with Gasteiger partial charge in [-0.3, -0.25) is 4.52 Å². The normalized spacial score (nSPS) is 23.6. The lowest BCUT2D eigenvalue weighted by molar-refractivity contribution is 0.0583. The number of fused-ring (bicyclic) bond motifs is 5. The summed E-state index contributed by atoms with van der Waals surface area (Å²) in [5.74, 6) is 0.646. The van der Waals surface area contributed by atoms with Gasteiger partial charge in [-0.15, -0.1) is 0 Å². The van der Waals surface area contributed by atoms with Crippen LogP contribution >= 0.6 is 16.2 Å². The smallest absolute Gasteiger partial charge is 0.387 e. The molecular formula is C34H34O3P2. The molecule has 0 saturated heterocycles. The average Bonchev–Trinajstić information content (AvgIpc) is 3.24. The summed E-state index contributed by atoms with van der Waals surface area (Å²) in [6, 6.07) is 38.6. The van der Waals surface area contributed by atoms with E-state index in [9.17, 15) is 0 Å². The Morgan fingerprint density at radius 1 is 0.744 bits per heavy atom.